The minimum atomic E-state index is -0.106. The Morgan fingerprint density at radius 3 is 2.50 bits per heavy atom. The summed E-state index contributed by atoms with van der Waals surface area (Å²) in [7, 11) is 0. The molecule has 0 aliphatic carbocycles. The van der Waals surface area contributed by atoms with E-state index >= 15 is 0 Å². The van der Waals surface area contributed by atoms with E-state index in [-0.39, 0.29) is 11.0 Å². The van der Waals surface area contributed by atoms with Crippen LogP contribution >= 0.6 is 11.8 Å². The van der Waals surface area contributed by atoms with Crippen molar-refractivity contribution in [3.05, 3.63) is 66.2 Å². The molecule has 100 valence electrons. The molecule has 0 amide bonds. The van der Waals surface area contributed by atoms with E-state index in [0.29, 0.717) is 0 Å². The van der Waals surface area contributed by atoms with E-state index in [9.17, 15) is 4.79 Å². The predicted octanol–water partition coefficient (Wildman–Crippen LogP) is 4.53. The van der Waals surface area contributed by atoms with E-state index in [1.165, 1.54) is 5.39 Å². The van der Waals surface area contributed by atoms with Crippen molar-refractivity contribution in [3.8, 4) is 0 Å². The van der Waals surface area contributed by atoms with Crippen LogP contribution in [0.1, 0.15) is 17.3 Å². The molecule has 2 aromatic carbocycles. The number of aromatic amines is 1. The van der Waals surface area contributed by atoms with E-state index in [1.54, 1.807) is 11.8 Å². The molecular formula is C17H15NOS. The second-order valence-corrected chi connectivity index (χ2v) is 6.09. The molecule has 0 bridgehead atoms. The van der Waals surface area contributed by atoms with E-state index in [0.717, 1.165) is 16.1 Å². The summed E-state index contributed by atoms with van der Waals surface area (Å²) in [6.45, 7) is 1.95. The van der Waals surface area contributed by atoms with Gasteiger partial charge in [0.25, 0.3) is 0 Å². The summed E-state index contributed by atoms with van der Waals surface area (Å²) < 4.78 is 0. The number of aromatic nitrogens is 1. The lowest BCUT2D eigenvalue weighted by atomic mass is 10.1. The highest BCUT2D eigenvalue weighted by molar-refractivity contribution is 8.00. The SMILES string of the molecule is CC(Sc1cc2ccccc2[nH]1)C(=O)c1ccccc1. The number of hydrogen-bond donors (Lipinski definition) is 1. The van der Waals surface area contributed by atoms with Gasteiger partial charge in [-0.2, -0.15) is 0 Å². The van der Waals surface area contributed by atoms with E-state index in [1.807, 2.05) is 55.5 Å². The summed E-state index contributed by atoms with van der Waals surface area (Å²) in [6, 6.07) is 19.7. The highest BCUT2D eigenvalue weighted by Gasteiger charge is 2.17. The third-order valence-corrected chi connectivity index (χ3v) is 4.28. The second kappa shape index (κ2) is 5.55. The van der Waals surface area contributed by atoms with Crippen LogP contribution in [0.2, 0.25) is 0 Å². The van der Waals surface area contributed by atoms with Gasteiger partial charge in [-0.3, -0.25) is 4.79 Å². The Labute approximate surface area is 122 Å². The lowest BCUT2D eigenvalue weighted by molar-refractivity contribution is 0.0994. The molecule has 0 aliphatic rings. The van der Waals surface area contributed by atoms with Gasteiger partial charge in [-0.1, -0.05) is 60.3 Å². The van der Waals surface area contributed by atoms with Gasteiger partial charge in [0.1, 0.15) is 0 Å². The van der Waals surface area contributed by atoms with Crippen LogP contribution in [0.5, 0.6) is 0 Å². The smallest absolute Gasteiger partial charge is 0.175 e. The highest BCUT2D eigenvalue weighted by atomic mass is 32.2. The molecular weight excluding hydrogens is 266 g/mol. The van der Waals surface area contributed by atoms with Crippen molar-refractivity contribution in [1.29, 1.82) is 0 Å². The molecule has 1 N–H and O–H groups in total. The van der Waals surface area contributed by atoms with Crippen LogP contribution in [0.25, 0.3) is 10.9 Å². The monoisotopic (exact) mass is 281 g/mol. The maximum absolute atomic E-state index is 12.3. The van der Waals surface area contributed by atoms with Crippen molar-refractivity contribution in [2.45, 2.75) is 17.2 Å². The van der Waals surface area contributed by atoms with E-state index in [4.69, 9.17) is 0 Å². The van der Waals surface area contributed by atoms with Crippen LogP contribution < -0.4 is 0 Å². The Morgan fingerprint density at radius 1 is 1.05 bits per heavy atom. The fraction of sp³-hybridized carbons (Fsp3) is 0.118. The number of ketones is 1. The zero-order valence-corrected chi connectivity index (χ0v) is 12.0. The standard InChI is InChI=1S/C17H15NOS/c1-12(17(19)13-7-3-2-4-8-13)20-16-11-14-9-5-6-10-15(14)18-16/h2-12,18H,1H3. The summed E-state index contributed by atoms with van der Waals surface area (Å²) in [6.07, 6.45) is 0. The minimum absolute atomic E-state index is 0.106. The molecule has 2 nitrogen and oxygen atoms in total. The van der Waals surface area contributed by atoms with Gasteiger partial charge >= 0.3 is 0 Å². The fourth-order valence-electron chi connectivity index (χ4n) is 2.19. The quantitative estimate of drug-likeness (QED) is 0.563. The molecule has 3 rings (SSSR count). The number of H-pyrrole nitrogens is 1. The molecule has 0 aliphatic heterocycles. The average molecular weight is 281 g/mol. The van der Waals surface area contributed by atoms with Crippen molar-refractivity contribution >= 4 is 28.4 Å². The molecule has 0 saturated heterocycles. The number of para-hydroxylation sites is 1. The molecule has 0 spiro atoms. The molecule has 0 radical (unpaired) electrons. The van der Waals surface area contributed by atoms with Crippen LogP contribution in [0.15, 0.2) is 65.7 Å². The van der Waals surface area contributed by atoms with Gasteiger partial charge in [-0.05, 0) is 19.1 Å². The minimum Gasteiger partial charge on any atom is -0.350 e. The number of Topliss-reactive ketones (excluding diaryl/α,β-unsaturated/α-hetero) is 1. The Hall–Kier alpha value is -2.00. The van der Waals surface area contributed by atoms with Gasteiger partial charge in [0.15, 0.2) is 5.78 Å². The number of rotatable bonds is 4. The third kappa shape index (κ3) is 2.63. The van der Waals surface area contributed by atoms with Crippen LogP contribution in [0.3, 0.4) is 0 Å². The summed E-state index contributed by atoms with van der Waals surface area (Å²) in [4.78, 5) is 15.7. The van der Waals surface area contributed by atoms with Crippen LogP contribution in [-0.2, 0) is 0 Å². The first-order valence-electron chi connectivity index (χ1n) is 6.58. The number of hydrogen-bond acceptors (Lipinski definition) is 2. The largest absolute Gasteiger partial charge is 0.350 e. The van der Waals surface area contributed by atoms with Crippen LogP contribution in [0.4, 0.5) is 0 Å². The second-order valence-electron chi connectivity index (χ2n) is 4.71. The lowest BCUT2D eigenvalue weighted by Crippen LogP contribution is -2.13. The zero-order chi connectivity index (χ0) is 13.9. The van der Waals surface area contributed by atoms with Crippen molar-refractivity contribution in [2.75, 3.05) is 0 Å². The Balaban J connectivity index is 1.78. The average Bonchev–Trinajstić information content (AvgIpc) is 2.89. The van der Waals surface area contributed by atoms with Crippen LogP contribution in [0, 0.1) is 0 Å². The molecule has 0 fully saturated rings. The van der Waals surface area contributed by atoms with Crippen LogP contribution in [-0.4, -0.2) is 16.0 Å². The molecule has 1 heterocycles. The zero-order valence-electron chi connectivity index (χ0n) is 11.2. The maximum atomic E-state index is 12.3. The summed E-state index contributed by atoms with van der Waals surface area (Å²) in [5.41, 5.74) is 1.87. The molecule has 1 atom stereocenters. The van der Waals surface area contributed by atoms with Gasteiger partial charge in [-0.15, -0.1) is 0 Å². The Morgan fingerprint density at radius 2 is 1.75 bits per heavy atom. The van der Waals surface area contributed by atoms with Gasteiger partial charge in [-0.25, -0.2) is 0 Å². The maximum Gasteiger partial charge on any atom is 0.175 e. The normalized spacial score (nSPS) is 12.4. The van der Waals surface area contributed by atoms with Gasteiger partial charge in [0.05, 0.1) is 10.3 Å². The lowest BCUT2D eigenvalue weighted by Gasteiger charge is -2.08. The first-order chi connectivity index (χ1) is 9.74. The number of fused-ring (bicyclic) bond motifs is 1. The number of nitrogens with one attached hydrogen (secondary N) is 1. The van der Waals surface area contributed by atoms with E-state index in [2.05, 4.69) is 17.1 Å². The summed E-state index contributed by atoms with van der Waals surface area (Å²) >= 11 is 1.57. The topological polar surface area (TPSA) is 32.9 Å². The number of benzene rings is 2. The molecule has 3 aromatic rings. The predicted molar refractivity (Wildman–Crippen MR) is 84.4 cm³/mol. The molecule has 1 unspecified atom stereocenters. The third-order valence-electron chi connectivity index (χ3n) is 3.24. The summed E-state index contributed by atoms with van der Waals surface area (Å²) in [5, 5.41) is 2.10. The fourth-order valence-corrected chi connectivity index (χ4v) is 3.18. The number of thioether (sulfide) groups is 1. The first-order valence-corrected chi connectivity index (χ1v) is 7.46. The van der Waals surface area contributed by atoms with Gasteiger partial charge < -0.3 is 4.98 Å². The Bertz CT molecular complexity index is 700. The molecule has 0 saturated carbocycles. The molecule has 20 heavy (non-hydrogen) atoms. The van der Waals surface area contributed by atoms with Crippen molar-refractivity contribution in [2.24, 2.45) is 0 Å². The van der Waals surface area contributed by atoms with Crippen molar-refractivity contribution < 1.29 is 4.79 Å². The molecule has 3 heteroatoms. The van der Waals surface area contributed by atoms with E-state index < -0.39 is 0 Å². The molecule has 1 aromatic heterocycles. The first kappa shape index (κ1) is 13.0. The summed E-state index contributed by atoms with van der Waals surface area (Å²) in [5.74, 6) is 0.161. The Kier molecular flexibility index (Phi) is 3.61. The van der Waals surface area contributed by atoms with Gasteiger partial charge in [0.2, 0.25) is 0 Å². The van der Waals surface area contributed by atoms with Crippen molar-refractivity contribution in [3.63, 3.8) is 0 Å². The van der Waals surface area contributed by atoms with Crippen molar-refractivity contribution in [1.82, 2.24) is 4.98 Å². The number of carbonyl (C=O) groups is 1. The van der Waals surface area contributed by atoms with Gasteiger partial charge in [0, 0.05) is 16.5 Å². The highest BCUT2D eigenvalue weighted by Crippen LogP contribution is 2.28. The number of carbonyl (C=O) groups excluding carboxylic acids is 1.